The Balaban J connectivity index is 1.91. The quantitative estimate of drug-likeness (QED) is 0.826. The molecule has 23 heavy (non-hydrogen) atoms. The normalized spacial score (nSPS) is 11.3. The summed E-state index contributed by atoms with van der Waals surface area (Å²) < 4.78 is 9.84. The molecular weight excluding hydrogens is 296 g/mol. The number of methoxy groups -OCH3 is 1. The average Bonchev–Trinajstić information content (AvgIpc) is 2.60. The number of ether oxygens (including phenoxy) is 2. The lowest BCUT2D eigenvalue weighted by Crippen LogP contribution is -2.43. The summed E-state index contributed by atoms with van der Waals surface area (Å²) in [5.41, 5.74) is 1.68. The van der Waals surface area contributed by atoms with Crippen LogP contribution in [0, 0.1) is 0 Å². The van der Waals surface area contributed by atoms with Gasteiger partial charge >= 0.3 is 12.1 Å². The van der Waals surface area contributed by atoms with E-state index in [0.717, 1.165) is 11.1 Å². The second-order valence-corrected chi connectivity index (χ2v) is 4.85. The molecule has 0 saturated heterocycles. The number of nitrogens with one attached hydrogen (secondary N) is 1. The number of carbonyl (C=O) groups excluding carboxylic acids is 2. The summed E-state index contributed by atoms with van der Waals surface area (Å²) in [7, 11) is 1.27. The highest BCUT2D eigenvalue weighted by atomic mass is 16.6. The molecule has 0 aliphatic rings. The molecule has 0 radical (unpaired) electrons. The SMILES string of the molecule is COC(=O)[C@H](Cc1cccnc1)NC(=O)OCc1ccccc1. The average molecular weight is 314 g/mol. The van der Waals surface area contributed by atoms with Crippen LogP contribution in [0.4, 0.5) is 4.79 Å². The zero-order valence-corrected chi connectivity index (χ0v) is 12.8. The van der Waals surface area contributed by atoms with E-state index in [1.165, 1.54) is 7.11 Å². The lowest BCUT2D eigenvalue weighted by atomic mass is 10.1. The van der Waals surface area contributed by atoms with Crippen molar-refractivity contribution in [1.29, 1.82) is 0 Å². The number of carbonyl (C=O) groups is 2. The molecule has 2 aromatic rings. The van der Waals surface area contributed by atoms with Gasteiger partial charge in [0.05, 0.1) is 7.11 Å². The number of rotatable bonds is 6. The number of hydrogen-bond donors (Lipinski definition) is 1. The Morgan fingerprint density at radius 2 is 1.87 bits per heavy atom. The molecule has 0 spiro atoms. The van der Waals surface area contributed by atoms with Gasteiger partial charge in [-0.3, -0.25) is 4.98 Å². The molecule has 6 heteroatoms. The van der Waals surface area contributed by atoms with Gasteiger partial charge in [-0.2, -0.15) is 0 Å². The summed E-state index contributed by atoms with van der Waals surface area (Å²) in [5.74, 6) is -0.537. The molecule has 0 fully saturated rings. The van der Waals surface area contributed by atoms with Crippen LogP contribution in [-0.2, 0) is 27.3 Å². The smallest absolute Gasteiger partial charge is 0.408 e. The lowest BCUT2D eigenvalue weighted by Gasteiger charge is -2.16. The molecule has 0 bridgehead atoms. The lowest BCUT2D eigenvalue weighted by molar-refractivity contribution is -0.143. The molecule has 1 amide bonds. The van der Waals surface area contributed by atoms with Crippen LogP contribution < -0.4 is 5.32 Å². The number of aromatic nitrogens is 1. The number of pyridine rings is 1. The van der Waals surface area contributed by atoms with E-state index in [9.17, 15) is 9.59 Å². The Kier molecular flexibility index (Phi) is 6.11. The molecule has 1 heterocycles. The van der Waals surface area contributed by atoms with Gasteiger partial charge in [0, 0.05) is 18.8 Å². The molecule has 1 aromatic heterocycles. The minimum Gasteiger partial charge on any atom is -0.467 e. The second kappa shape index (κ2) is 8.53. The van der Waals surface area contributed by atoms with Gasteiger partial charge in [-0.05, 0) is 17.2 Å². The molecule has 1 atom stereocenters. The van der Waals surface area contributed by atoms with Crippen LogP contribution in [0.1, 0.15) is 11.1 Å². The van der Waals surface area contributed by atoms with Crippen LogP contribution in [-0.4, -0.2) is 30.2 Å². The topological polar surface area (TPSA) is 77.5 Å². The molecular formula is C17H18N2O4. The van der Waals surface area contributed by atoms with E-state index < -0.39 is 18.1 Å². The van der Waals surface area contributed by atoms with Crippen LogP contribution in [0.5, 0.6) is 0 Å². The van der Waals surface area contributed by atoms with Crippen molar-refractivity contribution < 1.29 is 19.1 Å². The van der Waals surface area contributed by atoms with E-state index in [1.807, 2.05) is 36.4 Å². The van der Waals surface area contributed by atoms with E-state index in [0.29, 0.717) is 0 Å². The third-order valence-corrected chi connectivity index (χ3v) is 3.15. The van der Waals surface area contributed by atoms with E-state index in [-0.39, 0.29) is 13.0 Å². The molecule has 6 nitrogen and oxygen atoms in total. The van der Waals surface area contributed by atoms with E-state index in [2.05, 4.69) is 10.3 Å². The number of esters is 1. The van der Waals surface area contributed by atoms with Crippen LogP contribution in [0.3, 0.4) is 0 Å². The van der Waals surface area contributed by atoms with Crippen LogP contribution in [0.25, 0.3) is 0 Å². The number of alkyl carbamates (subject to hydrolysis) is 1. The molecule has 0 saturated carbocycles. The monoisotopic (exact) mass is 314 g/mol. The molecule has 0 aliphatic heterocycles. The van der Waals surface area contributed by atoms with Gasteiger partial charge in [-0.1, -0.05) is 36.4 Å². The maximum Gasteiger partial charge on any atom is 0.408 e. The molecule has 0 unspecified atom stereocenters. The standard InChI is InChI=1S/C17H18N2O4/c1-22-16(20)15(10-14-8-5-9-18-11-14)19-17(21)23-12-13-6-3-2-4-7-13/h2-9,11,15H,10,12H2,1H3,(H,19,21)/t15-/m0/s1. The maximum atomic E-state index is 11.9. The molecule has 120 valence electrons. The summed E-state index contributed by atoms with van der Waals surface area (Å²) in [4.78, 5) is 27.7. The van der Waals surface area contributed by atoms with E-state index in [1.54, 1.807) is 18.5 Å². The first-order valence-corrected chi connectivity index (χ1v) is 7.13. The van der Waals surface area contributed by atoms with Crippen molar-refractivity contribution in [2.45, 2.75) is 19.1 Å². The van der Waals surface area contributed by atoms with Crippen molar-refractivity contribution in [2.24, 2.45) is 0 Å². The fourth-order valence-corrected chi connectivity index (χ4v) is 2.00. The Hall–Kier alpha value is -2.89. The highest BCUT2D eigenvalue weighted by Gasteiger charge is 2.22. The third kappa shape index (κ3) is 5.43. The maximum absolute atomic E-state index is 11.9. The second-order valence-electron chi connectivity index (χ2n) is 4.85. The number of benzene rings is 1. The zero-order chi connectivity index (χ0) is 16.5. The van der Waals surface area contributed by atoms with Gasteiger partial charge in [0.25, 0.3) is 0 Å². The Morgan fingerprint density at radius 1 is 1.13 bits per heavy atom. The highest BCUT2D eigenvalue weighted by molar-refractivity contribution is 5.81. The minimum absolute atomic E-state index is 0.132. The summed E-state index contributed by atoms with van der Waals surface area (Å²) in [5, 5.41) is 2.52. The van der Waals surface area contributed by atoms with Gasteiger partial charge in [0.15, 0.2) is 0 Å². The van der Waals surface area contributed by atoms with E-state index in [4.69, 9.17) is 9.47 Å². The highest BCUT2D eigenvalue weighted by Crippen LogP contribution is 2.05. The van der Waals surface area contributed by atoms with Crippen molar-refractivity contribution in [1.82, 2.24) is 10.3 Å². The van der Waals surface area contributed by atoms with Gasteiger partial charge in [0.1, 0.15) is 12.6 Å². The predicted octanol–water partition coefficient (Wildman–Crippen LogP) is 2.09. The van der Waals surface area contributed by atoms with Crippen LogP contribution in [0.15, 0.2) is 54.9 Å². The molecule has 1 N–H and O–H groups in total. The first-order chi connectivity index (χ1) is 11.2. The zero-order valence-electron chi connectivity index (χ0n) is 12.8. The largest absolute Gasteiger partial charge is 0.467 e. The molecule has 1 aromatic carbocycles. The predicted molar refractivity (Wildman–Crippen MR) is 83.5 cm³/mol. The Bertz CT molecular complexity index is 632. The summed E-state index contributed by atoms with van der Waals surface area (Å²) in [6, 6.07) is 12.0. The summed E-state index contributed by atoms with van der Waals surface area (Å²) in [6.07, 6.45) is 2.87. The Morgan fingerprint density at radius 3 is 2.52 bits per heavy atom. The Labute approximate surface area is 134 Å². The summed E-state index contributed by atoms with van der Waals surface area (Å²) >= 11 is 0. The number of nitrogens with zero attached hydrogens (tertiary/aromatic N) is 1. The van der Waals surface area contributed by atoms with Crippen molar-refractivity contribution in [3.05, 3.63) is 66.0 Å². The van der Waals surface area contributed by atoms with Crippen molar-refractivity contribution >= 4 is 12.1 Å². The summed E-state index contributed by atoms with van der Waals surface area (Å²) in [6.45, 7) is 0.132. The number of amides is 1. The van der Waals surface area contributed by atoms with Gasteiger partial charge < -0.3 is 14.8 Å². The number of hydrogen-bond acceptors (Lipinski definition) is 5. The first kappa shape index (κ1) is 16.5. The third-order valence-electron chi connectivity index (χ3n) is 3.15. The van der Waals surface area contributed by atoms with Crippen LogP contribution >= 0.6 is 0 Å². The van der Waals surface area contributed by atoms with Crippen molar-refractivity contribution in [3.63, 3.8) is 0 Å². The van der Waals surface area contributed by atoms with Crippen molar-refractivity contribution in [2.75, 3.05) is 7.11 Å². The van der Waals surface area contributed by atoms with E-state index >= 15 is 0 Å². The van der Waals surface area contributed by atoms with Crippen LogP contribution in [0.2, 0.25) is 0 Å². The molecule has 2 rings (SSSR count). The first-order valence-electron chi connectivity index (χ1n) is 7.13. The van der Waals surface area contributed by atoms with Gasteiger partial charge in [-0.25, -0.2) is 9.59 Å². The van der Waals surface area contributed by atoms with Gasteiger partial charge in [0.2, 0.25) is 0 Å². The molecule has 0 aliphatic carbocycles. The van der Waals surface area contributed by atoms with Crippen molar-refractivity contribution in [3.8, 4) is 0 Å². The minimum atomic E-state index is -0.826. The fraction of sp³-hybridized carbons (Fsp3) is 0.235. The van der Waals surface area contributed by atoms with Gasteiger partial charge in [-0.15, -0.1) is 0 Å². The fourth-order valence-electron chi connectivity index (χ4n) is 2.00.